The first-order chi connectivity index (χ1) is 9.03. The molecule has 5 heteroatoms. The quantitative estimate of drug-likeness (QED) is 0.632. The predicted molar refractivity (Wildman–Crippen MR) is 73.4 cm³/mol. The van der Waals surface area contributed by atoms with Crippen LogP contribution in [0.5, 0.6) is 0 Å². The topological polar surface area (TPSA) is 56.8 Å². The minimum absolute atomic E-state index is 0.110. The fourth-order valence-electron chi connectivity index (χ4n) is 1.88. The van der Waals surface area contributed by atoms with Crippen molar-refractivity contribution in [2.24, 2.45) is 0 Å². The van der Waals surface area contributed by atoms with Gasteiger partial charge in [0.1, 0.15) is 0 Å². The Morgan fingerprint density at radius 1 is 1.21 bits per heavy atom. The summed E-state index contributed by atoms with van der Waals surface area (Å²) < 4.78 is 15.2. The first-order valence-corrected chi connectivity index (χ1v) is 6.04. The second-order valence-electron chi connectivity index (χ2n) is 4.31. The lowest BCUT2D eigenvalue weighted by atomic mass is 10.1. The van der Waals surface area contributed by atoms with Crippen LogP contribution < -0.4 is 5.32 Å². The molecule has 19 heavy (non-hydrogen) atoms. The van der Waals surface area contributed by atoms with E-state index in [4.69, 9.17) is 14.2 Å². The van der Waals surface area contributed by atoms with Gasteiger partial charge in [-0.2, -0.15) is 0 Å². The molecule has 1 unspecified atom stereocenters. The van der Waals surface area contributed by atoms with Gasteiger partial charge in [0.15, 0.2) is 6.29 Å². The zero-order chi connectivity index (χ0) is 14.4. The highest BCUT2D eigenvalue weighted by molar-refractivity contribution is 5.95. The fourth-order valence-corrected chi connectivity index (χ4v) is 1.88. The molecule has 0 aromatic heterocycles. The van der Waals surface area contributed by atoms with Crippen molar-refractivity contribution in [3.63, 3.8) is 0 Å². The van der Waals surface area contributed by atoms with Gasteiger partial charge in [-0.25, -0.2) is 4.79 Å². The van der Waals surface area contributed by atoms with Crippen molar-refractivity contribution in [3.05, 3.63) is 29.3 Å². The number of aryl methyl sites for hydroxylation is 1. The summed E-state index contributed by atoms with van der Waals surface area (Å²) in [5.74, 6) is -0.371. The van der Waals surface area contributed by atoms with Crippen molar-refractivity contribution in [1.29, 1.82) is 0 Å². The van der Waals surface area contributed by atoms with E-state index in [-0.39, 0.29) is 12.0 Å². The molecule has 0 spiro atoms. The van der Waals surface area contributed by atoms with Crippen LogP contribution in [0.25, 0.3) is 0 Å². The predicted octanol–water partition coefficient (Wildman–Crippen LogP) is 2.20. The summed E-state index contributed by atoms with van der Waals surface area (Å²) in [4.78, 5) is 11.8. The average Bonchev–Trinajstić information content (AvgIpc) is 2.41. The highest BCUT2D eigenvalue weighted by Gasteiger charge is 2.19. The Labute approximate surface area is 113 Å². The van der Waals surface area contributed by atoms with E-state index in [1.54, 1.807) is 20.3 Å². The Hall–Kier alpha value is -1.59. The van der Waals surface area contributed by atoms with Gasteiger partial charge in [0.2, 0.25) is 0 Å². The summed E-state index contributed by atoms with van der Waals surface area (Å²) in [6.45, 7) is 3.84. The number of nitrogens with one attached hydrogen (secondary N) is 1. The van der Waals surface area contributed by atoms with E-state index in [0.717, 1.165) is 5.56 Å². The highest BCUT2D eigenvalue weighted by Crippen LogP contribution is 2.20. The van der Waals surface area contributed by atoms with Crippen molar-refractivity contribution in [1.82, 2.24) is 0 Å². The van der Waals surface area contributed by atoms with Gasteiger partial charge < -0.3 is 19.5 Å². The zero-order valence-corrected chi connectivity index (χ0v) is 12.0. The van der Waals surface area contributed by atoms with E-state index in [0.29, 0.717) is 11.3 Å². The molecule has 1 N–H and O–H groups in total. The van der Waals surface area contributed by atoms with Crippen LogP contribution in [0.3, 0.4) is 0 Å². The van der Waals surface area contributed by atoms with Gasteiger partial charge in [-0.15, -0.1) is 0 Å². The summed E-state index contributed by atoms with van der Waals surface area (Å²) in [7, 11) is 4.51. The first kappa shape index (κ1) is 15.5. The van der Waals surface area contributed by atoms with E-state index < -0.39 is 6.29 Å². The van der Waals surface area contributed by atoms with Gasteiger partial charge in [0.25, 0.3) is 0 Å². The average molecular weight is 267 g/mol. The molecule has 0 amide bonds. The van der Waals surface area contributed by atoms with Crippen LogP contribution in [0.1, 0.15) is 22.8 Å². The van der Waals surface area contributed by atoms with Gasteiger partial charge in [-0.1, -0.05) is 11.6 Å². The number of esters is 1. The van der Waals surface area contributed by atoms with E-state index in [2.05, 4.69) is 5.32 Å². The van der Waals surface area contributed by atoms with Crippen LogP contribution in [-0.2, 0) is 14.2 Å². The third-order valence-corrected chi connectivity index (χ3v) is 2.84. The molecule has 1 rings (SSSR count). The third kappa shape index (κ3) is 3.94. The number of benzene rings is 1. The zero-order valence-electron chi connectivity index (χ0n) is 12.0. The van der Waals surface area contributed by atoms with Gasteiger partial charge in [-0.3, -0.25) is 0 Å². The van der Waals surface area contributed by atoms with E-state index in [9.17, 15) is 4.79 Å². The maximum absolute atomic E-state index is 11.8. The normalized spacial score (nSPS) is 12.3. The Morgan fingerprint density at radius 2 is 1.84 bits per heavy atom. The summed E-state index contributed by atoms with van der Waals surface area (Å²) >= 11 is 0. The number of rotatable bonds is 6. The number of anilines is 1. The maximum atomic E-state index is 11.8. The molecular formula is C14H21NO4. The van der Waals surface area contributed by atoms with Crippen LogP contribution in [-0.4, -0.2) is 39.6 Å². The monoisotopic (exact) mass is 267 g/mol. The molecule has 1 aromatic rings. The van der Waals surface area contributed by atoms with Crippen LogP contribution in [0.4, 0.5) is 5.69 Å². The molecular weight excluding hydrogens is 246 g/mol. The van der Waals surface area contributed by atoms with Gasteiger partial charge in [-0.05, 0) is 26.0 Å². The molecule has 0 saturated carbocycles. The minimum atomic E-state index is -0.396. The van der Waals surface area contributed by atoms with Crippen LogP contribution in [0.15, 0.2) is 18.2 Å². The minimum Gasteiger partial charge on any atom is -0.465 e. The number of methoxy groups -OCH3 is 3. The SMILES string of the molecule is COC(=O)c1cc(C)ccc1NC(C)C(OC)OC. The van der Waals surface area contributed by atoms with Crippen molar-refractivity contribution >= 4 is 11.7 Å². The number of ether oxygens (including phenoxy) is 3. The Bertz CT molecular complexity index is 429. The molecule has 1 atom stereocenters. The van der Waals surface area contributed by atoms with Crippen molar-refractivity contribution in [3.8, 4) is 0 Å². The standard InChI is InChI=1S/C14H21NO4/c1-9-6-7-12(11(8-9)13(16)17-3)15-10(2)14(18-4)19-5/h6-8,10,14-15H,1-5H3. The lowest BCUT2D eigenvalue weighted by Gasteiger charge is -2.24. The van der Waals surface area contributed by atoms with E-state index in [1.807, 2.05) is 26.0 Å². The highest BCUT2D eigenvalue weighted by atomic mass is 16.7. The largest absolute Gasteiger partial charge is 0.465 e. The molecule has 0 radical (unpaired) electrons. The number of carbonyl (C=O) groups is 1. The lowest BCUT2D eigenvalue weighted by Crippen LogP contribution is -2.34. The molecule has 0 aliphatic heterocycles. The summed E-state index contributed by atoms with van der Waals surface area (Å²) in [6, 6.07) is 5.45. The summed E-state index contributed by atoms with van der Waals surface area (Å²) in [6.07, 6.45) is -0.396. The first-order valence-electron chi connectivity index (χ1n) is 6.04. The van der Waals surface area contributed by atoms with Crippen LogP contribution in [0.2, 0.25) is 0 Å². The Morgan fingerprint density at radius 3 is 2.37 bits per heavy atom. The van der Waals surface area contributed by atoms with Gasteiger partial charge in [0, 0.05) is 19.9 Å². The number of hydrogen-bond donors (Lipinski definition) is 1. The van der Waals surface area contributed by atoms with Crippen LogP contribution >= 0.6 is 0 Å². The molecule has 0 heterocycles. The molecule has 0 bridgehead atoms. The third-order valence-electron chi connectivity index (χ3n) is 2.84. The van der Waals surface area contributed by atoms with Gasteiger partial charge in [0.05, 0.1) is 18.7 Å². The molecule has 0 aliphatic carbocycles. The Balaban J connectivity index is 2.97. The summed E-state index contributed by atoms with van der Waals surface area (Å²) in [5.41, 5.74) is 2.19. The summed E-state index contributed by atoms with van der Waals surface area (Å²) in [5, 5.41) is 3.20. The fraction of sp³-hybridized carbons (Fsp3) is 0.500. The molecule has 1 aromatic carbocycles. The molecule has 5 nitrogen and oxygen atoms in total. The second kappa shape index (κ2) is 7.11. The molecule has 106 valence electrons. The molecule has 0 saturated heterocycles. The van der Waals surface area contributed by atoms with Crippen molar-refractivity contribution in [2.75, 3.05) is 26.6 Å². The molecule has 0 aliphatic rings. The van der Waals surface area contributed by atoms with Crippen molar-refractivity contribution in [2.45, 2.75) is 26.2 Å². The lowest BCUT2D eigenvalue weighted by molar-refractivity contribution is -0.109. The number of carbonyl (C=O) groups excluding carboxylic acids is 1. The second-order valence-corrected chi connectivity index (χ2v) is 4.31. The Kier molecular flexibility index (Phi) is 5.79. The smallest absolute Gasteiger partial charge is 0.339 e. The van der Waals surface area contributed by atoms with Crippen LogP contribution in [0, 0.1) is 6.92 Å². The van der Waals surface area contributed by atoms with Crippen molar-refractivity contribution < 1.29 is 19.0 Å². The molecule has 0 fully saturated rings. The maximum Gasteiger partial charge on any atom is 0.339 e. The van der Waals surface area contributed by atoms with E-state index >= 15 is 0 Å². The van der Waals surface area contributed by atoms with E-state index in [1.165, 1.54) is 7.11 Å². The van der Waals surface area contributed by atoms with Gasteiger partial charge >= 0.3 is 5.97 Å². The number of hydrogen-bond acceptors (Lipinski definition) is 5.